The van der Waals surface area contributed by atoms with Crippen LogP contribution in [0.2, 0.25) is 5.02 Å². The maximum absolute atomic E-state index is 11.6. The minimum Gasteiger partial charge on any atom is -0.330 e. The standard InChI is InChI=1S/C13H18ClN3O/c14-12-6-2-1-4-10(12)8-17-7-3-5-11(9-17)13(18)16-15/h1-2,4,6,11H,3,5,7-9,15H2,(H,16,18)/p+1/t11-/m1/s1. The van der Waals surface area contributed by atoms with Gasteiger partial charge in [-0.25, -0.2) is 5.84 Å². The van der Waals surface area contributed by atoms with Crippen molar-refractivity contribution in [1.82, 2.24) is 5.43 Å². The molecule has 0 spiro atoms. The zero-order valence-corrected chi connectivity index (χ0v) is 11.0. The molecule has 0 aromatic heterocycles. The molecule has 0 bridgehead atoms. The van der Waals surface area contributed by atoms with Gasteiger partial charge in [0, 0.05) is 10.6 Å². The Bertz CT molecular complexity index is 424. The fourth-order valence-corrected chi connectivity index (χ4v) is 2.77. The first-order chi connectivity index (χ1) is 8.70. The summed E-state index contributed by atoms with van der Waals surface area (Å²) in [6.07, 6.45) is 1.98. The predicted molar refractivity (Wildman–Crippen MR) is 70.9 cm³/mol. The highest BCUT2D eigenvalue weighted by molar-refractivity contribution is 6.31. The summed E-state index contributed by atoms with van der Waals surface area (Å²) in [6, 6.07) is 7.88. The second kappa shape index (κ2) is 6.18. The number of amides is 1. The maximum Gasteiger partial charge on any atom is 0.242 e. The number of hydrogen-bond acceptors (Lipinski definition) is 2. The van der Waals surface area contributed by atoms with Crippen LogP contribution in [0.15, 0.2) is 24.3 Å². The van der Waals surface area contributed by atoms with E-state index < -0.39 is 0 Å². The molecule has 4 N–H and O–H groups in total. The number of rotatable bonds is 3. The lowest BCUT2D eigenvalue weighted by Crippen LogP contribution is -3.12. The third-order valence-electron chi connectivity index (χ3n) is 3.53. The molecular formula is C13H19ClN3O+. The monoisotopic (exact) mass is 268 g/mol. The fraction of sp³-hybridized carbons (Fsp3) is 0.462. The zero-order valence-electron chi connectivity index (χ0n) is 10.3. The van der Waals surface area contributed by atoms with Gasteiger partial charge < -0.3 is 4.90 Å². The molecule has 1 fully saturated rings. The molecule has 18 heavy (non-hydrogen) atoms. The van der Waals surface area contributed by atoms with Gasteiger partial charge in [0.2, 0.25) is 5.91 Å². The Morgan fingerprint density at radius 3 is 3.00 bits per heavy atom. The first-order valence-electron chi connectivity index (χ1n) is 6.28. The first kappa shape index (κ1) is 13.3. The van der Waals surface area contributed by atoms with Gasteiger partial charge in [0.15, 0.2) is 0 Å². The van der Waals surface area contributed by atoms with Crippen LogP contribution in [0.5, 0.6) is 0 Å². The molecule has 98 valence electrons. The van der Waals surface area contributed by atoms with E-state index in [1.807, 2.05) is 24.3 Å². The molecule has 1 aromatic carbocycles. The molecule has 1 saturated heterocycles. The molecule has 1 aliphatic rings. The molecule has 0 saturated carbocycles. The van der Waals surface area contributed by atoms with Crippen molar-refractivity contribution in [2.45, 2.75) is 19.4 Å². The van der Waals surface area contributed by atoms with Gasteiger partial charge >= 0.3 is 0 Å². The number of quaternary nitrogens is 1. The number of halogens is 1. The maximum atomic E-state index is 11.6. The van der Waals surface area contributed by atoms with Crippen LogP contribution in [0.3, 0.4) is 0 Å². The van der Waals surface area contributed by atoms with Gasteiger partial charge in [-0.2, -0.15) is 0 Å². The van der Waals surface area contributed by atoms with Crippen molar-refractivity contribution in [1.29, 1.82) is 0 Å². The van der Waals surface area contributed by atoms with Crippen molar-refractivity contribution in [2.24, 2.45) is 11.8 Å². The van der Waals surface area contributed by atoms with Crippen LogP contribution in [0.4, 0.5) is 0 Å². The number of piperidine rings is 1. The first-order valence-corrected chi connectivity index (χ1v) is 6.66. The molecule has 5 heteroatoms. The van der Waals surface area contributed by atoms with Crippen LogP contribution >= 0.6 is 11.6 Å². The summed E-state index contributed by atoms with van der Waals surface area (Å²) in [5.41, 5.74) is 3.39. The van der Waals surface area contributed by atoms with E-state index in [0.29, 0.717) is 0 Å². The molecule has 2 atom stereocenters. The molecule has 1 unspecified atom stereocenters. The number of nitrogens with one attached hydrogen (secondary N) is 2. The highest BCUT2D eigenvalue weighted by Crippen LogP contribution is 2.14. The van der Waals surface area contributed by atoms with Crippen molar-refractivity contribution in [3.8, 4) is 0 Å². The van der Waals surface area contributed by atoms with Crippen molar-refractivity contribution < 1.29 is 9.69 Å². The SMILES string of the molecule is NNC(=O)[C@@H]1CCC[NH+](Cc2ccccc2Cl)C1. The Hall–Kier alpha value is -1.10. The molecule has 1 amide bonds. The summed E-state index contributed by atoms with van der Waals surface area (Å²) in [7, 11) is 0. The Balaban J connectivity index is 1.98. The molecule has 0 aliphatic carbocycles. The second-order valence-electron chi connectivity index (χ2n) is 4.82. The fourth-order valence-electron chi connectivity index (χ4n) is 2.56. The predicted octanol–water partition coefficient (Wildman–Crippen LogP) is 0.125. The highest BCUT2D eigenvalue weighted by Gasteiger charge is 2.28. The lowest BCUT2D eigenvalue weighted by molar-refractivity contribution is -0.921. The Morgan fingerprint density at radius 2 is 2.28 bits per heavy atom. The van der Waals surface area contributed by atoms with Gasteiger partial charge in [0.25, 0.3) is 0 Å². The largest absolute Gasteiger partial charge is 0.330 e. The second-order valence-corrected chi connectivity index (χ2v) is 5.23. The number of hydrogen-bond donors (Lipinski definition) is 3. The number of likely N-dealkylation sites (tertiary alicyclic amines) is 1. The summed E-state index contributed by atoms with van der Waals surface area (Å²) in [5, 5.41) is 0.801. The molecule has 2 rings (SSSR count). The van der Waals surface area contributed by atoms with E-state index in [9.17, 15) is 4.79 Å². The van der Waals surface area contributed by atoms with E-state index in [2.05, 4.69) is 5.43 Å². The number of carbonyl (C=O) groups is 1. The summed E-state index contributed by atoms with van der Waals surface area (Å²) in [6.45, 7) is 2.78. The van der Waals surface area contributed by atoms with Crippen LogP contribution in [0.25, 0.3) is 0 Å². The van der Waals surface area contributed by atoms with Gasteiger partial charge in [-0.3, -0.25) is 10.2 Å². The van der Waals surface area contributed by atoms with Crippen LogP contribution in [-0.4, -0.2) is 19.0 Å². The molecule has 4 nitrogen and oxygen atoms in total. The van der Waals surface area contributed by atoms with E-state index in [4.69, 9.17) is 17.4 Å². The number of nitrogens with two attached hydrogens (primary N) is 1. The van der Waals surface area contributed by atoms with E-state index in [0.717, 1.165) is 43.1 Å². The van der Waals surface area contributed by atoms with Crippen LogP contribution in [0, 0.1) is 5.92 Å². The van der Waals surface area contributed by atoms with Crippen molar-refractivity contribution in [2.75, 3.05) is 13.1 Å². The van der Waals surface area contributed by atoms with Crippen molar-refractivity contribution in [3.05, 3.63) is 34.9 Å². The lowest BCUT2D eigenvalue weighted by atomic mass is 9.97. The smallest absolute Gasteiger partial charge is 0.242 e. The van der Waals surface area contributed by atoms with Gasteiger partial charge in [-0.15, -0.1) is 0 Å². The molecule has 1 aromatic rings. The average Bonchev–Trinajstić information content (AvgIpc) is 2.41. The van der Waals surface area contributed by atoms with E-state index in [-0.39, 0.29) is 11.8 Å². The number of benzene rings is 1. The van der Waals surface area contributed by atoms with E-state index in [1.165, 1.54) is 4.90 Å². The average molecular weight is 269 g/mol. The van der Waals surface area contributed by atoms with E-state index in [1.54, 1.807) is 0 Å². The highest BCUT2D eigenvalue weighted by atomic mass is 35.5. The summed E-state index contributed by atoms with van der Waals surface area (Å²) < 4.78 is 0. The minimum atomic E-state index is -0.0497. The third kappa shape index (κ3) is 3.22. The zero-order chi connectivity index (χ0) is 13.0. The molecule has 0 radical (unpaired) electrons. The molecule has 1 aliphatic heterocycles. The summed E-state index contributed by atoms with van der Waals surface area (Å²) >= 11 is 6.16. The van der Waals surface area contributed by atoms with E-state index >= 15 is 0 Å². The molecule has 1 heterocycles. The minimum absolute atomic E-state index is 0.0289. The number of carbonyl (C=O) groups excluding carboxylic acids is 1. The van der Waals surface area contributed by atoms with Gasteiger partial charge in [-0.1, -0.05) is 29.8 Å². The van der Waals surface area contributed by atoms with Crippen LogP contribution in [-0.2, 0) is 11.3 Å². The lowest BCUT2D eigenvalue weighted by Gasteiger charge is -2.29. The Morgan fingerprint density at radius 1 is 1.50 bits per heavy atom. The van der Waals surface area contributed by atoms with Gasteiger partial charge in [-0.05, 0) is 18.9 Å². The van der Waals surface area contributed by atoms with Crippen LogP contribution < -0.4 is 16.2 Å². The molecular weight excluding hydrogens is 250 g/mol. The third-order valence-corrected chi connectivity index (χ3v) is 3.90. The van der Waals surface area contributed by atoms with Gasteiger partial charge in [0.1, 0.15) is 6.54 Å². The summed E-state index contributed by atoms with van der Waals surface area (Å²) in [4.78, 5) is 12.9. The van der Waals surface area contributed by atoms with Crippen LogP contribution in [0.1, 0.15) is 18.4 Å². The van der Waals surface area contributed by atoms with Crippen molar-refractivity contribution in [3.63, 3.8) is 0 Å². The van der Waals surface area contributed by atoms with Crippen molar-refractivity contribution >= 4 is 17.5 Å². The quantitative estimate of drug-likeness (QED) is 0.415. The Kier molecular flexibility index (Phi) is 4.58. The number of hydrazine groups is 1. The normalized spacial score (nSPS) is 23.7. The topological polar surface area (TPSA) is 59.6 Å². The Labute approximate surface area is 112 Å². The summed E-state index contributed by atoms with van der Waals surface area (Å²) in [5.74, 6) is 5.17. The van der Waals surface area contributed by atoms with Gasteiger partial charge in [0.05, 0.1) is 19.0 Å².